The zero-order valence-corrected chi connectivity index (χ0v) is 8.38. The van der Waals surface area contributed by atoms with Crippen LogP contribution in [0.2, 0.25) is 0 Å². The summed E-state index contributed by atoms with van der Waals surface area (Å²) in [6.45, 7) is 1.08. The van der Waals surface area contributed by atoms with E-state index in [1.54, 1.807) is 0 Å². The number of hydrogen-bond donors (Lipinski definition) is 3. The Morgan fingerprint density at radius 1 is 0.882 bits per heavy atom. The predicted octanol–water partition coefficient (Wildman–Crippen LogP) is 0.525. The van der Waals surface area contributed by atoms with Crippen LogP contribution in [0.3, 0.4) is 0 Å². The third-order valence-electron chi connectivity index (χ3n) is 1.39. The van der Waals surface area contributed by atoms with E-state index in [2.05, 4.69) is 0 Å². The molecular weight excluding hydrogens is 239 g/mol. The van der Waals surface area contributed by atoms with Crippen molar-refractivity contribution in [1.29, 1.82) is 0 Å². The molecule has 6 nitrogen and oxygen atoms in total. The van der Waals surface area contributed by atoms with Crippen molar-refractivity contribution >= 4 is 47.5 Å². The van der Waals surface area contributed by atoms with Crippen molar-refractivity contribution in [3.8, 4) is 0 Å². The summed E-state index contributed by atoms with van der Waals surface area (Å²) in [6, 6.07) is 5.48. The quantitative estimate of drug-likeness (QED) is 0.660. The first kappa shape index (κ1) is 18.0. The molecule has 1 aromatic rings. The van der Waals surface area contributed by atoms with E-state index in [0.717, 1.165) is 6.92 Å². The standard InChI is InChI=1S/C8H6O4.C2H4O2.Na.H/c9-7(10)5-3-1-2-4-6(5)8(11)12;1-2(3)4;;/h1-4H,(H,9,10)(H,11,12);1H3,(H,3,4);;. The van der Waals surface area contributed by atoms with Crippen molar-refractivity contribution in [2.45, 2.75) is 6.92 Å². The Balaban J connectivity index is 0. The van der Waals surface area contributed by atoms with Crippen LogP contribution in [0.25, 0.3) is 0 Å². The van der Waals surface area contributed by atoms with E-state index >= 15 is 0 Å². The molecule has 0 heterocycles. The number of rotatable bonds is 2. The molecule has 0 saturated carbocycles. The van der Waals surface area contributed by atoms with Gasteiger partial charge in [-0.15, -0.1) is 0 Å². The van der Waals surface area contributed by atoms with Crippen molar-refractivity contribution < 1.29 is 29.7 Å². The van der Waals surface area contributed by atoms with Gasteiger partial charge >= 0.3 is 41.5 Å². The molecule has 0 saturated heterocycles. The monoisotopic (exact) mass is 250 g/mol. The number of hydrogen-bond acceptors (Lipinski definition) is 3. The molecule has 0 aromatic heterocycles. The molecule has 0 aliphatic rings. The Hall–Kier alpha value is -1.37. The van der Waals surface area contributed by atoms with Crippen molar-refractivity contribution in [2.24, 2.45) is 0 Å². The molecule has 0 aliphatic heterocycles. The number of carboxylic acid groups (broad SMARTS) is 3. The van der Waals surface area contributed by atoms with Gasteiger partial charge in [0.15, 0.2) is 0 Å². The topological polar surface area (TPSA) is 112 Å². The summed E-state index contributed by atoms with van der Waals surface area (Å²) in [4.78, 5) is 29.9. The fourth-order valence-corrected chi connectivity index (χ4v) is 0.856. The predicted molar refractivity (Wildman–Crippen MR) is 60.8 cm³/mol. The summed E-state index contributed by atoms with van der Waals surface area (Å²) >= 11 is 0. The molecule has 17 heavy (non-hydrogen) atoms. The fourth-order valence-electron chi connectivity index (χ4n) is 0.856. The molecule has 0 amide bonds. The van der Waals surface area contributed by atoms with Gasteiger partial charge in [0.05, 0.1) is 11.1 Å². The third-order valence-corrected chi connectivity index (χ3v) is 1.39. The molecule has 1 rings (SSSR count). The van der Waals surface area contributed by atoms with E-state index in [1.807, 2.05) is 0 Å². The molecule has 0 bridgehead atoms. The number of benzene rings is 1. The first-order valence-corrected chi connectivity index (χ1v) is 4.11. The van der Waals surface area contributed by atoms with Crippen molar-refractivity contribution in [1.82, 2.24) is 0 Å². The fraction of sp³-hybridized carbons (Fsp3) is 0.100. The van der Waals surface area contributed by atoms with Crippen LogP contribution in [-0.4, -0.2) is 62.8 Å². The van der Waals surface area contributed by atoms with Crippen molar-refractivity contribution in [3.05, 3.63) is 35.4 Å². The summed E-state index contributed by atoms with van der Waals surface area (Å²) in [5.41, 5.74) is -0.380. The number of carbonyl (C=O) groups is 3. The molecule has 0 spiro atoms. The van der Waals surface area contributed by atoms with E-state index in [1.165, 1.54) is 24.3 Å². The van der Waals surface area contributed by atoms with Crippen LogP contribution in [0.4, 0.5) is 0 Å². The first-order valence-electron chi connectivity index (χ1n) is 4.11. The second kappa shape index (κ2) is 8.74. The van der Waals surface area contributed by atoms with Crippen molar-refractivity contribution in [2.75, 3.05) is 0 Å². The van der Waals surface area contributed by atoms with Gasteiger partial charge < -0.3 is 15.3 Å². The molecular formula is C10H11NaO6. The Labute approximate surface area is 119 Å². The maximum atomic E-state index is 10.5. The average Bonchev–Trinajstić information content (AvgIpc) is 2.16. The molecule has 3 N–H and O–H groups in total. The normalized spacial score (nSPS) is 8.06. The van der Waals surface area contributed by atoms with Crippen LogP contribution in [0, 0.1) is 0 Å². The molecule has 0 atom stereocenters. The number of carboxylic acids is 3. The van der Waals surface area contributed by atoms with E-state index < -0.39 is 17.9 Å². The second-order valence-corrected chi connectivity index (χ2v) is 2.67. The minimum atomic E-state index is -1.23. The molecule has 1 aromatic carbocycles. The average molecular weight is 250 g/mol. The van der Waals surface area contributed by atoms with Crippen LogP contribution in [-0.2, 0) is 4.79 Å². The zero-order chi connectivity index (χ0) is 12.7. The summed E-state index contributed by atoms with van der Waals surface area (Å²) in [5, 5.41) is 24.5. The van der Waals surface area contributed by atoms with Gasteiger partial charge in [-0.2, -0.15) is 0 Å². The van der Waals surface area contributed by atoms with Crippen LogP contribution in [0.15, 0.2) is 24.3 Å². The third kappa shape index (κ3) is 7.51. The van der Waals surface area contributed by atoms with Crippen LogP contribution in [0.5, 0.6) is 0 Å². The molecule has 88 valence electrons. The van der Waals surface area contributed by atoms with Gasteiger partial charge in [-0.3, -0.25) is 4.79 Å². The van der Waals surface area contributed by atoms with Gasteiger partial charge in [0.2, 0.25) is 0 Å². The molecule has 0 unspecified atom stereocenters. The van der Waals surface area contributed by atoms with Gasteiger partial charge in [-0.25, -0.2) is 9.59 Å². The summed E-state index contributed by atoms with van der Waals surface area (Å²) in [6.07, 6.45) is 0. The maximum absolute atomic E-state index is 10.5. The summed E-state index contributed by atoms with van der Waals surface area (Å²) in [7, 11) is 0. The van der Waals surface area contributed by atoms with Gasteiger partial charge in [-0.1, -0.05) is 12.1 Å². The molecule has 0 aliphatic carbocycles. The van der Waals surface area contributed by atoms with Crippen LogP contribution < -0.4 is 0 Å². The summed E-state index contributed by atoms with van der Waals surface area (Å²) < 4.78 is 0. The number of aliphatic carboxylic acids is 1. The molecule has 7 heteroatoms. The molecule has 0 fully saturated rings. The van der Waals surface area contributed by atoms with Crippen LogP contribution >= 0.6 is 0 Å². The Kier molecular flexibility index (Phi) is 9.26. The Morgan fingerprint density at radius 3 is 1.29 bits per heavy atom. The van der Waals surface area contributed by atoms with Crippen molar-refractivity contribution in [3.63, 3.8) is 0 Å². The zero-order valence-electron chi connectivity index (χ0n) is 8.38. The van der Waals surface area contributed by atoms with E-state index in [4.69, 9.17) is 20.1 Å². The van der Waals surface area contributed by atoms with Crippen LogP contribution in [0.1, 0.15) is 27.6 Å². The van der Waals surface area contributed by atoms with E-state index in [0.29, 0.717) is 0 Å². The molecule has 0 radical (unpaired) electrons. The summed E-state index contributed by atoms with van der Waals surface area (Å²) in [5.74, 6) is -3.29. The number of aromatic carboxylic acids is 2. The van der Waals surface area contributed by atoms with Gasteiger partial charge in [0.25, 0.3) is 5.97 Å². The minimum absolute atomic E-state index is 0. The van der Waals surface area contributed by atoms with E-state index in [-0.39, 0.29) is 40.7 Å². The van der Waals surface area contributed by atoms with Gasteiger partial charge in [0.1, 0.15) is 0 Å². The van der Waals surface area contributed by atoms with Gasteiger partial charge in [0, 0.05) is 6.92 Å². The van der Waals surface area contributed by atoms with Gasteiger partial charge in [-0.05, 0) is 12.1 Å². The second-order valence-electron chi connectivity index (χ2n) is 2.67. The Bertz CT molecular complexity index is 378. The first-order chi connectivity index (χ1) is 7.36. The van der Waals surface area contributed by atoms with E-state index in [9.17, 15) is 9.59 Å². The SMILES string of the molecule is CC(=O)O.O=C(O)c1ccccc1C(=O)O.[NaH]. The Morgan fingerprint density at radius 2 is 1.12 bits per heavy atom.